The van der Waals surface area contributed by atoms with E-state index in [9.17, 15) is 13.2 Å². The minimum Gasteiger partial charge on any atom is -0.268 e. The van der Waals surface area contributed by atoms with Crippen LogP contribution in [0.1, 0.15) is 10.4 Å². The molecule has 0 saturated carbocycles. The van der Waals surface area contributed by atoms with Crippen molar-refractivity contribution in [3.63, 3.8) is 0 Å². The van der Waals surface area contributed by atoms with Crippen molar-refractivity contribution in [3.8, 4) is 0 Å². The van der Waals surface area contributed by atoms with E-state index in [0.717, 1.165) is 4.31 Å². The van der Waals surface area contributed by atoms with Gasteiger partial charge in [-0.15, -0.1) is 6.58 Å². The summed E-state index contributed by atoms with van der Waals surface area (Å²) in [6.07, 6.45) is 1.40. The first-order chi connectivity index (χ1) is 7.50. The summed E-state index contributed by atoms with van der Waals surface area (Å²) in [6.45, 7) is 3.46. The molecule has 0 atom stereocenters. The zero-order valence-corrected chi connectivity index (χ0v) is 11.2. The molecule has 4 nitrogen and oxygen atoms in total. The topological polar surface area (TPSA) is 54.5 Å². The van der Waals surface area contributed by atoms with Crippen LogP contribution in [0.2, 0.25) is 0 Å². The second-order valence-electron chi connectivity index (χ2n) is 3.25. The molecule has 0 spiro atoms. The third-order valence-electron chi connectivity index (χ3n) is 2.27. The number of carbonyl (C=O) groups excluding carboxylic acids is 1. The molecule has 1 heterocycles. The average Bonchev–Trinajstić information content (AvgIpc) is 2.41. The lowest BCUT2D eigenvalue weighted by Gasteiger charge is -2.11. The summed E-state index contributed by atoms with van der Waals surface area (Å²) in [5.74, 6) is -0.478. The molecule has 0 N–H and O–H groups in total. The maximum atomic E-state index is 12.1. The van der Waals surface area contributed by atoms with Crippen LogP contribution >= 0.6 is 22.6 Å². The Bertz CT molecular complexity index is 580. The highest BCUT2D eigenvalue weighted by atomic mass is 127. The van der Waals surface area contributed by atoms with Gasteiger partial charge >= 0.3 is 0 Å². The summed E-state index contributed by atoms with van der Waals surface area (Å²) >= 11 is 1.92. The first kappa shape index (κ1) is 11.6. The van der Waals surface area contributed by atoms with Gasteiger partial charge in [0, 0.05) is 3.57 Å². The number of rotatable bonds is 2. The van der Waals surface area contributed by atoms with Gasteiger partial charge in [-0.3, -0.25) is 4.79 Å². The number of hydrogen-bond donors (Lipinski definition) is 0. The SMILES string of the molecule is C=CCN1C(=O)c2cccc(I)c2S1(=O)=O. The Morgan fingerprint density at radius 1 is 1.44 bits per heavy atom. The van der Waals surface area contributed by atoms with Crippen LogP contribution in [0.3, 0.4) is 0 Å². The fourth-order valence-corrected chi connectivity index (χ4v) is 4.51. The van der Waals surface area contributed by atoms with E-state index in [1.807, 2.05) is 22.6 Å². The fourth-order valence-electron chi connectivity index (χ4n) is 1.59. The van der Waals surface area contributed by atoms with E-state index in [1.54, 1.807) is 12.1 Å². The Morgan fingerprint density at radius 3 is 2.69 bits per heavy atom. The summed E-state index contributed by atoms with van der Waals surface area (Å²) in [5.41, 5.74) is 0.244. The molecule has 1 aromatic rings. The van der Waals surface area contributed by atoms with E-state index in [-0.39, 0.29) is 17.0 Å². The molecule has 0 unspecified atom stereocenters. The highest BCUT2D eigenvalue weighted by molar-refractivity contribution is 14.1. The standard InChI is InChI=1S/C10H8INO3S/c1-2-6-12-10(13)7-4-3-5-8(11)9(7)16(12,14)15/h2-5H,1,6H2. The summed E-state index contributed by atoms with van der Waals surface area (Å²) in [6, 6.07) is 4.87. The maximum Gasteiger partial charge on any atom is 0.269 e. The first-order valence-corrected chi connectivity index (χ1v) is 6.98. The molecule has 1 amide bonds. The molecule has 0 radical (unpaired) electrons. The zero-order valence-electron chi connectivity index (χ0n) is 8.18. The van der Waals surface area contributed by atoms with Crippen molar-refractivity contribution in [1.29, 1.82) is 0 Å². The molecule has 0 aliphatic carbocycles. The number of carbonyl (C=O) groups is 1. The van der Waals surface area contributed by atoms with Crippen LogP contribution in [0.15, 0.2) is 35.7 Å². The van der Waals surface area contributed by atoms with Crippen molar-refractivity contribution in [3.05, 3.63) is 40.0 Å². The second kappa shape index (κ2) is 3.85. The molecular formula is C10H8INO3S. The van der Waals surface area contributed by atoms with Crippen LogP contribution < -0.4 is 0 Å². The number of hydrogen-bond acceptors (Lipinski definition) is 3. The largest absolute Gasteiger partial charge is 0.269 e. The van der Waals surface area contributed by atoms with Gasteiger partial charge in [-0.25, -0.2) is 12.7 Å². The molecule has 0 bridgehead atoms. The van der Waals surface area contributed by atoms with Gasteiger partial charge in [-0.2, -0.15) is 0 Å². The Labute approximate surface area is 107 Å². The van der Waals surface area contributed by atoms with Crippen LogP contribution in [0.4, 0.5) is 0 Å². The number of amides is 1. The van der Waals surface area contributed by atoms with Crippen LogP contribution in [0.25, 0.3) is 0 Å². The normalized spacial score (nSPS) is 17.3. The molecule has 16 heavy (non-hydrogen) atoms. The molecular weight excluding hydrogens is 341 g/mol. The van der Waals surface area contributed by atoms with Crippen molar-refractivity contribution < 1.29 is 13.2 Å². The van der Waals surface area contributed by atoms with Gasteiger partial charge in [0.1, 0.15) is 4.90 Å². The quantitative estimate of drug-likeness (QED) is 0.602. The van der Waals surface area contributed by atoms with Crippen LogP contribution in [0, 0.1) is 3.57 Å². The monoisotopic (exact) mass is 349 g/mol. The van der Waals surface area contributed by atoms with Crippen molar-refractivity contribution in [2.75, 3.05) is 6.54 Å². The Balaban J connectivity index is 2.72. The average molecular weight is 349 g/mol. The van der Waals surface area contributed by atoms with Crippen molar-refractivity contribution in [2.24, 2.45) is 0 Å². The minimum atomic E-state index is -3.68. The highest BCUT2D eigenvalue weighted by Gasteiger charge is 2.41. The summed E-state index contributed by atoms with van der Waals surface area (Å²) < 4.78 is 25.5. The predicted molar refractivity (Wildman–Crippen MR) is 67.6 cm³/mol. The van der Waals surface area contributed by atoms with Gasteiger partial charge in [0.05, 0.1) is 12.1 Å². The zero-order chi connectivity index (χ0) is 11.9. The van der Waals surface area contributed by atoms with Crippen LogP contribution in [-0.4, -0.2) is 25.2 Å². The van der Waals surface area contributed by atoms with E-state index in [4.69, 9.17) is 0 Å². The maximum absolute atomic E-state index is 12.1. The molecule has 84 valence electrons. The van der Waals surface area contributed by atoms with Gasteiger partial charge in [-0.05, 0) is 34.7 Å². The summed E-state index contributed by atoms with van der Waals surface area (Å²) in [7, 11) is -3.68. The highest BCUT2D eigenvalue weighted by Crippen LogP contribution is 2.33. The second-order valence-corrected chi connectivity index (χ2v) is 6.21. The molecule has 1 aromatic carbocycles. The summed E-state index contributed by atoms with van der Waals surface area (Å²) in [4.78, 5) is 12.0. The van der Waals surface area contributed by atoms with Gasteiger partial charge in [0.25, 0.3) is 15.9 Å². The van der Waals surface area contributed by atoms with E-state index in [1.165, 1.54) is 12.1 Å². The van der Waals surface area contributed by atoms with Gasteiger partial charge in [-0.1, -0.05) is 12.1 Å². The van der Waals surface area contributed by atoms with Gasteiger partial charge in [0.2, 0.25) is 0 Å². The van der Waals surface area contributed by atoms with E-state index < -0.39 is 15.9 Å². The third-order valence-corrected chi connectivity index (χ3v) is 5.38. The lowest BCUT2D eigenvalue weighted by molar-refractivity contribution is 0.0880. The smallest absolute Gasteiger partial charge is 0.268 e. The van der Waals surface area contributed by atoms with Crippen molar-refractivity contribution in [2.45, 2.75) is 4.90 Å². The van der Waals surface area contributed by atoms with Crippen LogP contribution in [0.5, 0.6) is 0 Å². The van der Waals surface area contributed by atoms with Crippen LogP contribution in [-0.2, 0) is 10.0 Å². The first-order valence-electron chi connectivity index (χ1n) is 4.46. The Hall–Kier alpha value is -0.890. The number of benzene rings is 1. The van der Waals surface area contributed by atoms with Crippen molar-refractivity contribution in [1.82, 2.24) is 4.31 Å². The molecule has 6 heteroatoms. The molecule has 1 aliphatic heterocycles. The molecule has 0 saturated heterocycles. The predicted octanol–water partition coefficient (Wildman–Crippen LogP) is 1.62. The molecule has 2 rings (SSSR count). The summed E-state index contributed by atoms with van der Waals surface area (Å²) in [5, 5.41) is 0. The number of halogens is 1. The molecule has 1 aliphatic rings. The minimum absolute atomic E-state index is 0.00588. The number of sulfonamides is 1. The van der Waals surface area contributed by atoms with Gasteiger partial charge in [0.15, 0.2) is 0 Å². The lowest BCUT2D eigenvalue weighted by atomic mass is 10.2. The van der Waals surface area contributed by atoms with Gasteiger partial charge < -0.3 is 0 Å². The van der Waals surface area contributed by atoms with Crippen molar-refractivity contribution >= 4 is 38.5 Å². The van der Waals surface area contributed by atoms with E-state index >= 15 is 0 Å². The lowest BCUT2D eigenvalue weighted by Crippen LogP contribution is -2.30. The third kappa shape index (κ3) is 1.47. The van der Waals surface area contributed by atoms with E-state index in [0.29, 0.717) is 3.57 Å². The number of nitrogens with zero attached hydrogens (tertiary/aromatic N) is 1. The number of fused-ring (bicyclic) bond motifs is 1. The molecule has 0 aromatic heterocycles. The Morgan fingerprint density at radius 2 is 2.12 bits per heavy atom. The fraction of sp³-hybridized carbons (Fsp3) is 0.100. The Kier molecular flexibility index (Phi) is 2.79. The molecule has 0 fully saturated rings. The van der Waals surface area contributed by atoms with E-state index in [2.05, 4.69) is 6.58 Å².